The Hall–Kier alpha value is -1.45. The summed E-state index contributed by atoms with van der Waals surface area (Å²) in [5.41, 5.74) is 0.0712. The maximum absolute atomic E-state index is 10.7. The molecule has 0 radical (unpaired) electrons. The van der Waals surface area contributed by atoms with E-state index in [1.165, 1.54) is 12.3 Å². The van der Waals surface area contributed by atoms with E-state index in [0.717, 1.165) is 12.8 Å². The Morgan fingerprint density at radius 3 is 2.64 bits per heavy atom. The normalized spacial score (nSPS) is 10.5. The van der Waals surface area contributed by atoms with Gasteiger partial charge in [-0.15, -0.1) is 0 Å². The number of carboxylic acid groups (broad SMARTS) is 1. The molecule has 0 spiro atoms. The van der Waals surface area contributed by atoms with Crippen molar-refractivity contribution in [2.75, 3.05) is 0 Å². The van der Waals surface area contributed by atoms with Crippen molar-refractivity contribution < 1.29 is 9.90 Å². The van der Waals surface area contributed by atoms with E-state index < -0.39 is 5.97 Å². The van der Waals surface area contributed by atoms with Gasteiger partial charge < -0.3 is 5.11 Å². The molecule has 0 saturated heterocycles. The minimum Gasteiger partial charge on any atom is -0.477 e. The molecule has 14 heavy (non-hydrogen) atoms. The molecular weight excluding hydrogens is 180 g/mol. The molecule has 0 aromatic carbocycles. The molecule has 4 nitrogen and oxygen atoms in total. The van der Waals surface area contributed by atoms with Crippen molar-refractivity contribution in [3.63, 3.8) is 0 Å². The first-order valence-electron chi connectivity index (χ1n) is 4.75. The van der Waals surface area contributed by atoms with Crippen LogP contribution in [-0.2, 0) is 0 Å². The Kier molecular flexibility index (Phi) is 3.56. The van der Waals surface area contributed by atoms with Gasteiger partial charge >= 0.3 is 5.97 Å². The van der Waals surface area contributed by atoms with Gasteiger partial charge in [0.15, 0.2) is 5.69 Å². The van der Waals surface area contributed by atoms with Gasteiger partial charge in [0.05, 0.1) is 0 Å². The third kappa shape index (κ3) is 2.28. The van der Waals surface area contributed by atoms with Crippen molar-refractivity contribution in [3.05, 3.63) is 23.8 Å². The van der Waals surface area contributed by atoms with Gasteiger partial charge in [-0.1, -0.05) is 13.8 Å². The fourth-order valence-electron chi connectivity index (χ4n) is 1.34. The van der Waals surface area contributed by atoms with Gasteiger partial charge in [0, 0.05) is 12.1 Å². The monoisotopic (exact) mass is 194 g/mol. The Balaban J connectivity index is 2.98. The summed E-state index contributed by atoms with van der Waals surface area (Å²) in [4.78, 5) is 18.8. The summed E-state index contributed by atoms with van der Waals surface area (Å²) < 4.78 is 0. The molecule has 1 heterocycles. The van der Waals surface area contributed by atoms with Crippen LogP contribution in [0.25, 0.3) is 0 Å². The molecule has 0 bridgehead atoms. The van der Waals surface area contributed by atoms with Crippen LogP contribution in [0, 0.1) is 0 Å². The molecular formula is C10H14N2O2. The number of hydrogen-bond donors (Lipinski definition) is 1. The fraction of sp³-hybridized carbons (Fsp3) is 0.500. The van der Waals surface area contributed by atoms with Crippen molar-refractivity contribution in [2.45, 2.75) is 32.6 Å². The minimum atomic E-state index is -1.00. The van der Waals surface area contributed by atoms with Gasteiger partial charge in [0.2, 0.25) is 0 Å². The van der Waals surface area contributed by atoms with E-state index in [2.05, 4.69) is 9.97 Å². The van der Waals surface area contributed by atoms with Gasteiger partial charge in [-0.2, -0.15) is 0 Å². The van der Waals surface area contributed by atoms with Crippen LogP contribution in [0.5, 0.6) is 0 Å². The van der Waals surface area contributed by atoms with Crippen LogP contribution in [-0.4, -0.2) is 21.0 Å². The number of aromatic nitrogens is 2. The summed E-state index contributed by atoms with van der Waals surface area (Å²) in [5, 5.41) is 8.75. The van der Waals surface area contributed by atoms with Gasteiger partial charge in [-0.05, 0) is 18.9 Å². The molecule has 0 fully saturated rings. The van der Waals surface area contributed by atoms with Crippen molar-refractivity contribution >= 4 is 5.97 Å². The van der Waals surface area contributed by atoms with E-state index in [1.54, 1.807) is 0 Å². The zero-order chi connectivity index (χ0) is 10.6. The Morgan fingerprint density at radius 2 is 2.14 bits per heavy atom. The maximum Gasteiger partial charge on any atom is 0.354 e. The van der Waals surface area contributed by atoms with Crippen LogP contribution in [0.15, 0.2) is 12.3 Å². The number of aromatic carboxylic acids is 1. The summed E-state index contributed by atoms with van der Waals surface area (Å²) in [7, 11) is 0. The van der Waals surface area contributed by atoms with Crippen LogP contribution in [0.1, 0.15) is 48.9 Å². The predicted octanol–water partition coefficient (Wildman–Crippen LogP) is 2.08. The average Bonchev–Trinajstić information content (AvgIpc) is 2.20. The summed E-state index contributed by atoms with van der Waals surface area (Å²) >= 11 is 0. The van der Waals surface area contributed by atoms with Gasteiger partial charge in [-0.3, -0.25) is 0 Å². The van der Waals surface area contributed by atoms with Crippen molar-refractivity contribution in [3.8, 4) is 0 Å². The molecule has 0 aliphatic heterocycles. The minimum absolute atomic E-state index is 0.0712. The zero-order valence-electron chi connectivity index (χ0n) is 8.40. The molecule has 0 atom stereocenters. The number of rotatable bonds is 4. The van der Waals surface area contributed by atoms with Crippen LogP contribution in [0.2, 0.25) is 0 Å². The Bertz CT molecular complexity index is 322. The van der Waals surface area contributed by atoms with E-state index in [4.69, 9.17) is 5.11 Å². The Morgan fingerprint density at radius 1 is 1.50 bits per heavy atom. The highest BCUT2D eigenvalue weighted by Crippen LogP contribution is 2.18. The second-order valence-electron chi connectivity index (χ2n) is 3.12. The van der Waals surface area contributed by atoms with Crippen LogP contribution >= 0.6 is 0 Å². The smallest absolute Gasteiger partial charge is 0.354 e. The standard InChI is InChI=1S/C10H14N2O2/c1-3-7(4-2)9-11-6-5-8(12-9)10(13)14/h5-7H,3-4H2,1-2H3,(H,13,14). The molecule has 0 amide bonds. The summed E-state index contributed by atoms with van der Waals surface area (Å²) in [6.07, 6.45) is 3.36. The van der Waals surface area contributed by atoms with Crippen molar-refractivity contribution in [1.29, 1.82) is 0 Å². The second kappa shape index (κ2) is 4.69. The third-order valence-corrected chi connectivity index (χ3v) is 2.24. The highest BCUT2D eigenvalue weighted by Gasteiger charge is 2.12. The van der Waals surface area contributed by atoms with Crippen LogP contribution in [0.3, 0.4) is 0 Å². The molecule has 0 aliphatic carbocycles. The Labute approximate surface area is 83.0 Å². The summed E-state index contributed by atoms with van der Waals surface area (Å²) in [6, 6.07) is 1.41. The van der Waals surface area contributed by atoms with Gasteiger partial charge in [0.25, 0.3) is 0 Å². The molecule has 1 N–H and O–H groups in total. The summed E-state index contributed by atoms with van der Waals surface area (Å²) in [5.74, 6) is -0.108. The van der Waals surface area contributed by atoms with Crippen LogP contribution < -0.4 is 0 Å². The molecule has 1 aromatic heterocycles. The quantitative estimate of drug-likeness (QED) is 0.797. The lowest BCUT2D eigenvalue weighted by Crippen LogP contribution is -2.08. The largest absolute Gasteiger partial charge is 0.477 e. The summed E-state index contributed by atoms with van der Waals surface area (Å²) in [6.45, 7) is 4.09. The van der Waals surface area contributed by atoms with E-state index in [9.17, 15) is 4.79 Å². The van der Waals surface area contributed by atoms with E-state index in [0.29, 0.717) is 5.82 Å². The fourth-order valence-corrected chi connectivity index (χ4v) is 1.34. The van der Waals surface area contributed by atoms with Gasteiger partial charge in [0.1, 0.15) is 5.82 Å². The van der Waals surface area contributed by atoms with E-state index in [-0.39, 0.29) is 11.6 Å². The maximum atomic E-state index is 10.7. The number of carboxylic acids is 1. The van der Waals surface area contributed by atoms with Crippen molar-refractivity contribution in [2.24, 2.45) is 0 Å². The molecule has 76 valence electrons. The molecule has 0 saturated carbocycles. The number of nitrogens with zero attached hydrogens (tertiary/aromatic N) is 2. The lowest BCUT2D eigenvalue weighted by atomic mass is 10.0. The van der Waals surface area contributed by atoms with Crippen LogP contribution in [0.4, 0.5) is 0 Å². The number of carbonyl (C=O) groups is 1. The second-order valence-corrected chi connectivity index (χ2v) is 3.12. The first-order chi connectivity index (χ1) is 6.69. The zero-order valence-corrected chi connectivity index (χ0v) is 8.40. The van der Waals surface area contributed by atoms with Crippen molar-refractivity contribution in [1.82, 2.24) is 9.97 Å². The highest BCUT2D eigenvalue weighted by molar-refractivity contribution is 5.85. The predicted molar refractivity (Wildman–Crippen MR) is 52.3 cm³/mol. The first-order valence-corrected chi connectivity index (χ1v) is 4.75. The molecule has 1 rings (SSSR count). The van der Waals surface area contributed by atoms with E-state index in [1.807, 2.05) is 13.8 Å². The number of hydrogen-bond acceptors (Lipinski definition) is 3. The SMILES string of the molecule is CCC(CC)c1nccc(C(=O)O)n1. The lowest BCUT2D eigenvalue weighted by Gasteiger charge is -2.10. The lowest BCUT2D eigenvalue weighted by molar-refractivity contribution is 0.0689. The molecule has 0 aliphatic rings. The topological polar surface area (TPSA) is 63.1 Å². The van der Waals surface area contributed by atoms with Gasteiger partial charge in [-0.25, -0.2) is 14.8 Å². The molecule has 0 unspecified atom stereocenters. The van der Waals surface area contributed by atoms with E-state index >= 15 is 0 Å². The molecule has 4 heteroatoms. The molecule has 1 aromatic rings. The third-order valence-electron chi connectivity index (χ3n) is 2.24. The highest BCUT2D eigenvalue weighted by atomic mass is 16.4. The average molecular weight is 194 g/mol. The first kappa shape index (κ1) is 10.6.